The van der Waals surface area contributed by atoms with Crippen molar-refractivity contribution in [3.05, 3.63) is 35.0 Å². The standard InChI is InChI=1S/C12H14N4O3S/c1-8(2)16-6-9(5-13-16)15-4-3-10(17)14-12(15)20-7-11(18)19/h3-6,8H,7H2,1-2H3,(H,18,19). The van der Waals surface area contributed by atoms with E-state index in [9.17, 15) is 9.59 Å². The maximum Gasteiger partial charge on any atom is 0.313 e. The Bertz CT molecular complexity index is 677. The van der Waals surface area contributed by atoms with Crippen LogP contribution in [0.3, 0.4) is 0 Å². The van der Waals surface area contributed by atoms with Gasteiger partial charge in [0.2, 0.25) is 0 Å². The molecule has 0 aliphatic carbocycles. The number of carboxylic acid groups (broad SMARTS) is 1. The van der Waals surface area contributed by atoms with Gasteiger partial charge in [-0.3, -0.25) is 18.8 Å². The molecule has 106 valence electrons. The lowest BCUT2D eigenvalue weighted by atomic mass is 10.4. The number of aromatic nitrogens is 4. The van der Waals surface area contributed by atoms with Gasteiger partial charge in [0, 0.05) is 24.5 Å². The lowest BCUT2D eigenvalue weighted by Crippen LogP contribution is -2.13. The molecule has 7 nitrogen and oxygen atoms in total. The minimum atomic E-state index is -0.961. The molecule has 2 heterocycles. The Labute approximate surface area is 119 Å². The van der Waals surface area contributed by atoms with E-state index in [0.29, 0.717) is 5.16 Å². The lowest BCUT2D eigenvalue weighted by Gasteiger charge is -2.08. The van der Waals surface area contributed by atoms with Gasteiger partial charge in [0.25, 0.3) is 5.56 Å². The first-order valence-corrected chi connectivity index (χ1v) is 6.95. The third-order valence-electron chi connectivity index (χ3n) is 2.50. The van der Waals surface area contributed by atoms with Gasteiger partial charge in [-0.2, -0.15) is 10.1 Å². The van der Waals surface area contributed by atoms with Crippen LogP contribution in [0, 0.1) is 0 Å². The van der Waals surface area contributed by atoms with E-state index in [4.69, 9.17) is 5.11 Å². The average molecular weight is 294 g/mol. The molecular formula is C12H14N4O3S. The van der Waals surface area contributed by atoms with Crippen LogP contribution in [0.2, 0.25) is 0 Å². The van der Waals surface area contributed by atoms with Gasteiger partial charge in [0.1, 0.15) is 0 Å². The smallest absolute Gasteiger partial charge is 0.313 e. The van der Waals surface area contributed by atoms with Crippen LogP contribution in [0.4, 0.5) is 0 Å². The van der Waals surface area contributed by atoms with E-state index in [1.165, 1.54) is 6.07 Å². The Balaban J connectivity index is 2.38. The zero-order valence-electron chi connectivity index (χ0n) is 11.1. The van der Waals surface area contributed by atoms with Crippen LogP contribution in [0.1, 0.15) is 19.9 Å². The largest absolute Gasteiger partial charge is 0.481 e. The zero-order chi connectivity index (χ0) is 14.7. The first kappa shape index (κ1) is 14.3. The summed E-state index contributed by atoms with van der Waals surface area (Å²) >= 11 is 0.997. The molecule has 1 N–H and O–H groups in total. The highest BCUT2D eigenvalue weighted by atomic mass is 32.2. The predicted octanol–water partition coefficient (Wildman–Crippen LogP) is 1.19. The topological polar surface area (TPSA) is 90.0 Å². The molecule has 2 aromatic rings. The summed E-state index contributed by atoms with van der Waals surface area (Å²) in [6.07, 6.45) is 5.04. The summed E-state index contributed by atoms with van der Waals surface area (Å²) in [4.78, 5) is 25.8. The SMILES string of the molecule is CC(C)n1cc(-n2ccc(=O)nc2SCC(=O)O)cn1. The van der Waals surface area contributed by atoms with E-state index in [0.717, 1.165) is 17.4 Å². The second kappa shape index (κ2) is 5.91. The third-order valence-corrected chi connectivity index (χ3v) is 3.44. The number of aliphatic carboxylic acids is 1. The molecule has 0 radical (unpaired) electrons. The minimum absolute atomic E-state index is 0.158. The van der Waals surface area contributed by atoms with Gasteiger partial charge in [-0.15, -0.1) is 0 Å². The van der Waals surface area contributed by atoms with Gasteiger partial charge in [0.05, 0.1) is 17.6 Å². The van der Waals surface area contributed by atoms with E-state index >= 15 is 0 Å². The molecule has 8 heteroatoms. The third kappa shape index (κ3) is 3.27. The molecule has 0 aromatic carbocycles. The highest BCUT2D eigenvalue weighted by Gasteiger charge is 2.10. The van der Waals surface area contributed by atoms with Gasteiger partial charge in [-0.05, 0) is 13.8 Å². The van der Waals surface area contributed by atoms with E-state index in [1.54, 1.807) is 21.6 Å². The van der Waals surface area contributed by atoms with Gasteiger partial charge >= 0.3 is 5.97 Å². The molecule has 0 unspecified atom stereocenters. The quantitative estimate of drug-likeness (QED) is 0.658. The van der Waals surface area contributed by atoms with Crippen LogP contribution in [0.5, 0.6) is 0 Å². The summed E-state index contributed by atoms with van der Waals surface area (Å²) in [5, 5.41) is 13.3. The molecule has 20 heavy (non-hydrogen) atoms. The Hall–Kier alpha value is -2.09. The van der Waals surface area contributed by atoms with Crippen molar-refractivity contribution in [3.8, 4) is 5.69 Å². The molecule has 0 spiro atoms. The summed E-state index contributed by atoms with van der Waals surface area (Å²) in [5.74, 6) is -1.12. The molecule has 0 saturated heterocycles. The van der Waals surface area contributed by atoms with Crippen molar-refractivity contribution in [1.29, 1.82) is 0 Å². The molecule has 0 amide bonds. The van der Waals surface area contributed by atoms with Crippen molar-refractivity contribution < 1.29 is 9.90 Å². The maximum absolute atomic E-state index is 11.3. The number of carboxylic acids is 1. The van der Waals surface area contributed by atoms with Gasteiger partial charge in [0.15, 0.2) is 5.16 Å². The number of hydrogen-bond acceptors (Lipinski definition) is 5. The van der Waals surface area contributed by atoms with Gasteiger partial charge in [-0.25, -0.2) is 0 Å². The van der Waals surface area contributed by atoms with Crippen molar-refractivity contribution in [2.45, 2.75) is 25.0 Å². The fourth-order valence-electron chi connectivity index (χ4n) is 1.55. The number of nitrogens with zero attached hydrogens (tertiary/aromatic N) is 4. The van der Waals surface area contributed by atoms with E-state index < -0.39 is 11.5 Å². The normalized spacial score (nSPS) is 10.9. The van der Waals surface area contributed by atoms with E-state index in [-0.39, 0.29) is 11.8 Å². The fraction of sp³-hybridized carbons (Fsp3) is 0.333. The number of thioether (sulfide) groups is 1. The average Bonchev–Trinajstić information content (AvgIpc) is 2.86. The maximum atomic E-state index is 11.3. The second-order valence-corrected chi connectivity index (χ2v) is 5.32. The number of hydrogen-bond donors (Lipinski definition) is 1. The zero-order valence-corrected chi connectivity index (χ0v) is 11.9. The molecular weight excluding hydrogens is 280 g/mol. The molecule has 0 saturated carbocycles. The number of carbonyl (C=O) groups is 1. The summed E-state index contributed by atoms with van der Waals surface area (Å²) in [5.41, 5.74) is 0.337. The highest BCUT2D eigenvalue weighted by molar-refractivity contribution is 7.99. The van der Waals surface area contributed by atoms with Crippen LogP contribution in [-0.4, -0.2) is 36.2 Å². The monoisotopic (exact) mass is 294 g/mol. The van der Waals surface area contributed by atoms with Crippen LogP contribution in [0.25, 0.3) is 5.69 Å². The van der Waals surface area contributed by atoms with Crippen LogP contribution in [0.15, 0.2) is 34.6 Å². The summed E-state index contributed by atoms with van der Waals surface area (Å²) < 4.78 is 3.43. The Morgan fingerprint density at radius 1 is 1.50 bits per heavy atom. The number of rotatable bonds is 5. The van der Waals surface area contributed by atoms with E-state index in [2.05, 4.69) is 10.1 Å². The molecule has 0 atom stereocenters. The summed E-state index contributed by atoms with van der Waals surface area (Å²) in [6.45, 7) is 4.00. The minimum Gasteiger partial charge on any atom is -0.481 e. The molecule has 2 aromatic heterocycles. The summed E-state index contributed by atoms with van der Waals surface area (Å²) in [7, 11) is 0. The Kier molecular flexibility index (Phi) is 4.23. The Morgan fingerprint density at radius 2 is 2.25 bits per heavy atom. The molecule has 2 rings (SSSR count). The predicted molar refractivity (Wildman–Crippen MR) is 74.4 cm³/mol. The molecule has 0 fully saturated rings. The van der Waals surface area contributed by atoms with Crippen LogP contribution >= 0.6 is 11.8 Å². The lowest BCUT2D eigenvalue weighted by molar-refractivity contribution is -0.133. The van der Waals surface area contributed by atoms with Crippen LogP contribution in [-0.2, 0) is 4.79 Å². The van der Waals surface area contributed by atoms with Crippen molar-refractivity contribution in [3.63, 3.8) is 0 Å². The van der Waals surface area contributed by atoms with Gasteiger partial charge < -0.3 is 5.11 Å². The first-order valence-electron chi connectivity index (χ1n) is 5.96. The van der Waals surface area contributed by atoms with Crippen molar-refractivity contribution in [2.24, 2.45) is 0 Å². The fourth-order valence-corrected chi connectivity index (χ4v) is 2.26. The van der Waals surface area contributed by atoms with Crippen molar-refractivity contribution in [2.75, 3.05) is 5.75 Å². The van der Waals surface area contributed by atoms with Gasteiger partial charge in [-0.1, -0.05) is 11.8 Å². The first-order chi connectivity index (χ1) is 9.47. The molecule has 0 aliphatic rings. The molecule has 0 bridgehead atoms. The summed E-state index contributed by atoms with van der Waals surface area (Å²) in [6, 6.07) is 1.54. The Morgan fingerprint density at radius 3 is 2.85 bits per heavy atom. The highest BCUT2D eigenvalue weighted by Crippen LogP contribution is 2.18. The van der Waals surface area contributed by atoms with E-state index in [1.807, 2.05) is 20.0 Å². The van der Waals surface area contributed by atoms with Crippen molar-refractivity contribution >= 4 is 17.7 Å². The molecule has 0 aliphatic heterocycles. The second-order valence-electron chi connectivity index (χ2n) is 4.37. The van der Waals surface area contributed by atoms with Crippen molar-refractivity contribution in [1.82, 2.24) is 19.3 Å². The van der Waals surface area contributed by atoms with Crippen LogP contribution < -0.4 is 5.56 Å².